The van der Waals surface area contributed by atoms with Crippen molar-refractivity contribution in [1.29, 1.82) is 5.41 Å². The first-order valence-electron chi connectivity index (χ1n) is 5.88. The minimum Gasteiger partial charge on any atom is -0.397 e. The third-order valence-electron chi connectivity index (χ3n) is 2.32. The van der Waals surface area contributed by atoms with Crippen molar-refractivity contribution in [2.24, 2.45) is 4.99 Å². The summed E-state index contributed by atoms with van der Waals surface area (Å²) in [6.07, 6.45) is 5.32. The molecule has 0 saturated heterocycles. The lowest BCUT2D eigenvalue weighted by Crippen LogP contribution is -2.16. The molecule has 6 nitrogen and oxygen atoms in total. The fraction of sp³-hybridized carbons (Fsp3) is 0.143. The van der Waals surface area contributed by atoms with E-state index in [1.807, 2.05) is 0 Å². The predicted molar refractivity (Wildman–Crippen MR) is 82.2 cm³/mol. The smallest absolute Gasteiger partial charge is 0.257 e. The van der Waals surface area contributed by atoms with E-state index in [2.05, 4.69) is 21.9 Å². The van der Waals surface area contributed by atoms with Crippen LogP contribution in [0.15, 0.2) is 41.2 Å². The van der Waals surface area contributed by atoms with Crippen molar-refractivity contribution in [2.75, 3.05) is 11.1 Å². The molecule has 6 heteroatoms. The van der Waals surface area contributed by atoms with Gasteiger partial charge in [-0.25, -0.2) is 0 Å². The van der Waals surface area contributed by atoms with Crippen molar-refractivity contribution in [3.63, 3.8) is 0 Å². The first-order chi connectivity index (χ1) is 9.43. The molecule has 0 fully saturated rings. The minimum absolute atomic E-state index is 0.164. The van der Waals surface area contributed by atoms with Gasteiger partial charge in [0.1, 0.15) is 0 Å². The Hall–Kier alpha value is -2.76. The molecule has 0 saturated carbocycles. The molecule has 104 valence electrons. The van der Waals surface area contributed by atoms with E-state index in [4.69, 9.17) is 11.1 Å². The number of rotatable bonds is 5. The van der Waals surface area contributed by atoms with Gasteiger partial charge in [-0.1, -0.05) is 6.58 Å². The third-order valence-corrected chi connectivity index (χ3v) is 2.32. The summed E-state index contributed by atoms with van der Waals surface area (Å²) in [7, 11) is 0. The maximum atomic E-state index is 12.0. The number of hydrogen-bond acceptors (Lipinski definition) is 5. The van der Waals surface area contributed by atoms with Gasteiger partial charge in [-0.3, -0.25) is 14.8 Å². The standard InChI is InChI=1S/C14H17N5O/c1-9(2)17-5-4-11(7-15)14(20)19-13-6-12(16)8-18-10(13)3/h4-8,15H,1,16H2,2-3H3,(H,19,20). The highest BCUT2D eigenvalue weighted by Crippen LogP contribution is 2.15. The highest BCUT2D eigenvalue weighted by molar-refractivity contribution is 6.19. The monoisotopic (exact) mass is 271 g/mol. The molecule has 20 heavy (non-hydrogen) atoms. The highest BCUT2D eigenvalue weighted by Gasteiger charge is 2.09. The first kappa shape index (κ1) is 15.3. The Labute approximate surface area is 117 Å². The van der Waals surface area contributed by atoms with Crippen molar-refractivity contribution >= 4 is 29.7 Å². The quantitative estimate of drug-likeness (QED) is 0.564. The molecule has 0 spiro atoms. The third kappa shape index (κ3) is 4.49. The van der Waals surface area contributed by atoms with Gasteiger partial charge in [-0.15, -0.1) is 0 Å². The molecule has 0 aliphatic heterocycles. The summed E-state index contributed by atoms with van der Waals surface area (Å²) in [5.41, 5.74) is 8.01. The zero-order chi connectivity index (χ0) is 15.1. The van der Waals surface area contributed by atoms with Crippen molar-refractivity contribution in [3.05, 3.63) is 41.9 Å². The summed E-state index contributed by atoms with van der Waals surface area (Å²) in [5.74, 6) is -0.427. The van der Waals surface area contributed by atoms with Crippen molar-refractivity contribution in [3.8, 4) is 0 Å². The summed E-state index contributed by atoms with van der Waals surface area (Å²) < 4.78 is 0. The number of aryl methyl sites for hydroxylation is 1. The number of nitrogen functional groups attached to an aromatic ring is 1. The van der Waals surface area contributed by atoms with E-state index < -0.39 is 5.91 Å². The molecule has 1 heterocycles. The zero-order valence-electron chi connectivity index (χ0n) is 11.5. The van der Waals surface area contributed by atoms with Gasteiger partial charge >= 0.3 is 0 Å². The number of aliphatic imine (C=N–C) groups is 1. The van der Waals surface area contributed by atoms with Crippen LogP contribution < -0.4 is 11.1 Å². The van der Waals surface area contributed by atoms with Crippen molar-refractivity contribution in [2.45, 2.75) is 13.8 Å². The number of nitrogens with one attached hydrogen (secondary N) is 2. The van der Waals surface area contributed by atoms with Gasteiger partial charge in [-0.05, 0) is 26.0 Å². The van der Waals surface area contributed by atoms with E-state index in [0.717, 1.165) is 6.21 Å². The Balaban J connectivity index is 2.90. The SMILES string of the molecule is C=C(C)N=CC=C(C=N)C(=O)Nc1cc(N)cnc1C. The number of pyridine rings is 1. The van der Waals surface area contributed by atoms with Gasteiger partial charge in [0.05, 0.1) is 28.8 Å². The van der Waals surface area contributed by atoms with Crippen LogP contribution in [0, 0.1) is 12.3 Å². The van der Waals surface area contributed by atoms with Gasteiger partial charge in [0.25, 0.3) is 5.91 Å². The average molecular weight is 271 g/mol. The fourth-order valence-corrected chi connectivity index (χ4v) is 1.30. The Kier molecular flexibility index (Phi) is 5.34. The minimum atomic E-state index is -0.427. The topological polar surface area (TPSA) is 104 Å². The van der Waals surface area contributed by atoms with E-state index in [1.54, 1.807) is 19.9 Å². The summed E-state index contributed by atoms with van der Waals surface area (Å²) in [4.78, 5) is 20.0. The Morgan fingerprint density at radius 1 is 1.60 bits per heavy atom. The maximum Gasteiger partial charge on any atom is 0.257 e. The molecule has 1 aromatic heterocycles. The molecular formula is C14H17N5O. The van der Waals surface area contributed by atoms with Crippen LogP contribution >= 0.6 is 0 Å². The number of carbonyl (C=O) groups is 1. The predicted octanol–water partition coefficient (Wildman–Crippen LogP) is 2.09. The van der Waals surface area contributed by atoms with E-state index in [-0.39, 0.29) is 5.57 Å². The molecule has 0 bridgehead atoms. The molecule has 0 aliphatic carbocycles. The van der Waals surface area contributed by atoms with Crippen LogP contribution in [0.4, 0.5) is 11.4 Å². The fourth-order valence-electron chi connectivity index (χ4n) is 1.30. The molecule has 1 aromatic rings. The highest BCUT2D eigenvalue weighted by atomic mass is 16.1. The lowest BCUT2D eigenvalue weighted by atomic mass is 10.2. The second-order valence-electron chi connectivity index (χ2n) is 4.14. The number of allylic oxidation sites excluding steroid dienone is 2. The van der Waals surface area contributed by atoms with Crippen LogP contribution in [0.1, 0.15) is 12.6 Å². The van der Waals surface area contributed by atoms with Crippen molar-refractivity contribution in [1.82, 2.24) is 4.98 Å². The van der Waals surface area contributed by atoms with Crippen LogP contribution in [0.5, 0.6) is 0 Å². The summed E-state index contributed by atoms with van der Waals surface area (Å²) in [5, 5.41) is 9.91. The van der Waals surface area contributed by atoms with Crippen LogP contribution in [-0.2, 0) is 4.79 Å². The molecule has 4 N–H and O–H groups in total. The number of nitrogens with two attached hydrogens (primary N) is 1. The number of amides is 1. The number of aromatic nitrogens is 1. The van der Waals surface area contributed by atoms with Gasteiger partial charge in [0.2, 0.25) is 0 Å². The van der Waals surface area contributed by atoms with E-state index in [0.29, 0.717) is 22.8 Å². The summed E-state index contributed by atoms with van der Waals surface area (Å²) in [6, 6.07) is 1.61. The Bertz CT molecular complexity index is 602. The molecule has 0 atom stereocenters. The van der Waals surface area contributed by atoms with Crippen LogP contribution in [0.25, 0.3) is 0 Å². The number of nitrogens with zero attached hydrogens (tertiary/aromatic N) is 2. The van der Waals surface area contributed by atoms with Crippen LogP contribution in [-0.4, -0.2) is 23.3 Å². The second-order valence-corrected chi connectivity index (χ2v) is 4.14. The molecule has 0 aromatic carbocycles. The van der Waals surface area contributed by atoms with Crippen LogP contribution in [0.2, 0.25) is 0 Å². The molecule has 1 rings (SSSR count). The van der Waals surface area contributed by atoms with Gasteiger partial charge < -0.3 is 16.5 Å². The van der Waals surface area contributed by atoms with Crippen molar-refractivity contribution < 1.29 is 4.79 Å². The second kappa shape index (κ2) is 6.98. The zero-order valence-corrected chi connectivity index (χ0v) is 11.5. The Morgan fingerprint density at radius 3 is 2.90 bits per heavy atom. The van der Waals surface area contributed by atoms with E-state index >= 15 is 0 Å². The number of hydrogen-bond donors (Lipinski definition) is 3. The number of anilines is 2. The largest absolute Gasteiger partial charge is 0.397 e. The lowest BCUT2D eigenvalue weighted by molar-refractivity contribution is -0.112. The average Bonchev–Trinajstić information content (AvgIpc) is 2.38. The van der Waals surface area contributed by atoms with Gasteiger partial charge in [0.15, 0.2) is 0 Å². The van der Waals surface area contributed by atoms with E-state index in [9.17, 15) is 4.79 Å². The molecule has 0 aliphatic rings. The lowest BCUT2D eigenvalue weighted by Gasteiger charge is -2.08. The maximum absolute atomic E-state index is 12.0. The summed E-state index contributed by atoms with van der Waals surface area (Å²) >= 11 is 0. The van der Waals surface area contributed by atoms with Gasteiger partial charge in [-0.2, -0.15) is 0 Å². The van der Waals surface area contributed by atoms with E-state index in [1.165, 1.54) is 18.5 Å². The molecule has 1 amide bonds. The normalized spacial score (nSPS) is 11.4. The van der Waals surface area contributed by atoms with Gasteiger partial charge in [0, 0.05) is 18.1 Å². The molecular weight excluding hydrogens is 254 g/mol. The molecule has 0 unspecified atom stereocenters. The van der Waals surface area contributed by atoms with Crippen LogP contribution in [0.3, 0.4) is 0 Å². The Morgan fingerprint density at radius 2 is 2.30 bits per heavy atom. The molecule has 0 radical (unpaired) electrons. The number of carbonyl (C=O) groups excluding carboxylic acids is 1. The summed E-state index contributed by atoms with van der Waals surface area (Å²) in [6.45, 7) is 7.09. The first-order valence-corrected chi connectivity index (χ1v) is 5.88.